The number of benzene rings is 1. The molecular weight excluding hydrogens is 277 g/mol. The highest BCUT2D eigenvalue weighted by Gasteiger charge is 2.22. The monoisotopic (exact) mass is 297 g/mol. The van der Waals surface area contributed by atoms with Gasteiger partial charge >= 0.3 is 5.97 Å². The molecule has 0 radical (unpaired) electrons. The van der Waals surface area contributed by atoms with E-state index >= 15 is 0 Å². The molecule has 1 N–H and O–H groups in total. The molecule has 0 aliphatic heterocycles. The fraction of sp³-hybridized carbons (Fsp3) is 0.467. The molecule has 116 valence electrons. The summed E-state index contributed by atoms with van der Waals surface area (Å²) in [6.45, 7) is 3.31. The quantitative estimate of drug-likeness (QED) is 0.837. The smallest absolute Gasteiger partial charge is 0.323 e. The molecule has 1 rings (SSSR count). The van der Waals surface area contributed by atoms with Crippen LogP contribution in [0.15, 0.2) is 18.2 Å². The van der Waals surface area contributed by atoms with Crippen molar-refractivity contribution in [1.29, 1.82) is 0 Å². The van der Waals surface area contributed by atoms with Crippen molar-refractivity contribution < 1.29 is 23.8 Å². The standard InChI is InChI=1S/C15H20FNO4/c1-4-10(2)17(9-15(19)20)14(18)8-11-5-6-13(21-3)12(16)7-11/h5-7,10H,4,8-9H2,1-3H3,(H,19,20). The lowest BCUT2D eigenvalue weighted by atomic mass is 10.1. The van der Waals surface area contributed by atoms with Crippen molar-refractivity contribution in [3.8, 4) is 5.75 Å². The zero-order valence-electron chi connectivity index (χ0n) is 12.4. The molecule has 0 saturated heterocycles. The second-order valence-corrected chi connectivity index (χ2v) is 4.82. The van der Waals surface area contributed by atoms with Crippen molar-refractivity contribution in [2.24, 2.45) is 0 Å². The Morgan fingerprint density at radius 2 is 2.10 bits per heavy atom. The third-order valence-electron chi connectivity index (χ3n) is 3.32. The van der Waals surface area contributed by atoms with Gasteiger partial charge in [-0.1, -0.05) is 13.0 Å². The Labute approximate surface area is 123 Å². The summed E-state index contributed by atoms with van der Waals surface area (Å²) in [5, 5.41) is 8.89. The van der Waals surface area contributed by atoms with Crippen molar-refractivity contribution in [2.45, 2.75) is 32.7 Å². The molecule has 0 aromatic heterocycles. The van der Waals surface area contributed by atoms with Gasteiger partial charge in [-0.3, -0.25) is 9.59 Å². The number of carbonyl (C=O) groups excluding carboxylic acids is 1. The number of carboxylic acid groups (broad SMARTS) is 1. The van der Waals surface area contributed by atoms with Crippen LogP contribution in [-0.4, -0.2) is 41.6 Å². The van der Waals surface area contributed by atoms with Crippen LogP contribution in [0.25, 0.3) is 0 Å². The van der Waals surface area contributed by atoms with E-state index in [2.05, 4.69) is 0 Å². The fourth-order valence-electron chi connectivity index (χ4n) is 1.95. The molecular formula is C15H20FNO4. The summed E-state index contributed by atoms with van der Waals surface area (Å²) < 4.78 is 18.4. The lowest BCUT2D eigenvalue weighted by Gasteiger charge is -2.27. The molecule has 5 nitrogen and oxygen atoms in total. The molecule has 0 aliphatic rings. The molecule has 6 heteroatoms. The van der Waals surface area contributed by atoms with Gasteiger partial charge in [0.25, 0.3) is 0 Å². The number of aliphatic carboxylic acids is 1. The maximum absolute atomic E-state index is 13.6. The zero-order valence-corrected chi connectivity index (χ0v) is 12.4. The Hall–Kier alpha value is -2.11. The minimum Gasteiger partial charge on any atom is -0.494 e. The van der Waals surface area contributed by atoms with Crippen molar-refractivity contribution in [3.63, 3.8) is 0 Å². The molecule has 21 heavy (non-hydrogen) atoms. The Bertz CT molecular complexity index is 518. The van der Waals surface area contributed by atoms with Crippen molar-refractivity contribution >= 4 is 11.9 Å². The van der Waals surface area contributed by atoms with Crippen molar-refractivity contribution in [3.05, 3.63) is 29.6 Å². The van der Waals surface area contributed by atoms with Crippen LogP contribution in [0, 0.1) is 5.82 Å². The van der Waals surface area contributed by atoms with E-state index in [4.69, 9.17) is 9.84 Å². The van der Waals surface area contributed by atoms with Crippen LogP contribution in [0.3, 0.4) is 0 Å². The first-order valence-electron chi connectivity index (χ1n) is 6.72. The lowest BCUT2D eigenvalue weighted by Crippen LogP contribution is -2.42. The van der Waals surface area contributed by atoms with Crippen LogP contribution in [0.2, 0.25) is 0 Å². The molecule has 1 amide bonds. The van der Waals surface area contributed by atoms with E-state index in [0.29, 0.717) is 12.0 Å². The minimum absolute atomic E-state index is 0.0431. The molecule has 0 bridgehead atoms. The van der Waals surface area contributed by atoms with Gasteiger partial charge in [-0.25, -0.2) is 4.39 Å². The highest BCUT2D eigenvalue weighted by Crippen LogP contribution is 2.18. The maximum Gasteiger partial charge on any atom is 0.323 e. The number of methoxy groups -OCH3 is 1. The summed E-state index contributed by atoms with van der Waals surface area (Å²) in [4.78, 5) is 24.4. The molecule has 1 aromatic rings. The summed E-state index contributed by atoms with van der Waals surface area (Å²) in [6.07, 6.45) is 0.606. The number of nitrogens with zero attached hydrogens (tertiary/aromatic N) is 1. The summed E-state index contributed by atoms with van der Waals surface area (Å²) in [6, 6.07) is 4.08. The molecule has 0 aliphatic carbocycles. The topological polar surface area (TPSA) is 66.8 Å². The largest absolute Gasteiger partial charge is 0.494 e. The summed E-state index contributed by atoms with van der Waals surface area (Å²) in [5.41, 5.74) is 0.483. The van der Waals surface area contributed by atoms with Crippen LogP contribution in [-0.2, 0) is 16.0 Å². The van der Waals surface area contributed by atoms with E-state index in [1.54, 1.807) is 13.0 Å². The van der Waals surface area contributed by atoms with Crippen LogP contribution >= 0.6 is 0 Å². The first-order chi connectivity index (χ1) is 9.88. The molecule has 1 unspecified atom stereocenters. The molecule has 0 spiro atoms. The number of halogens is 1. The first kappa shape index (κ1) is 16.9. The maximum atomic E-state index is 13.6. The summed E-state index contributed by atoms with van der Waals surface area (Å²) in [5.74, 6) is -1.84. The first-order valence-corrected chi connectivity index (χ1v) is 6.72. The van der Waals surface area contributed by atoms with Gasteiger partial charge in [-0.15, -0.1) is 0 Å². The van der Waals surface area contributed by atoms with Gasteiger partial charge in [0.2, 0.25) is 5.91 Å². The van der Waals surface area contributed by atoms with E-state index in [-0.39, 0.29) is 30.7 Å². The van der Waals surface area contributed by atoms with Gasteiger partial charge < -0.3 is 14.7 Å². The number of ether oxygens (including phenoxy) is 1. The van der Waals surface area contributed by atoms with E-state index < -0.39 is 11.8 Å². The van der Waals surface area contributed by atoms with E-state index in [0.717, 1.165) is 0 Å². The molecule has 0 fully saturated rings. The average molecular weight is 297 g/mol. The van der Waals surface area contributed by atoms with E-state index in [9.17, 15) is 14.0 Å². The SMILES string of the molecule is CCC(C)N(CC(=O)O)C(=O)Cc1ccc(OC)c(F)c1. The number of carboxylic acids is 1. The van der Waals surface area contributed by atoms with Crippen LogP contribution in [0.1, 0.15) is 25.8 Å². The third kappa shape index (κ3) is 4.73. The molecule has 0 saturated carbocycles. The number of hydrogen-bond acceptors (Lipinski definition) is 3. The van der Waals surface area contributed by atoms with Gasteiger partial charge in [0, 0.05) is 6.04 Å². The second-order valence-electron chi connectivity index (χ2n) is 4.82. The van der Waals surface area contributed by atoms with Crippen LogP contribution in [0.4, 0.5) is 4.39 Å². The number of hydrogen-bond donors (Lipinski definition) is 1. The Morgan fingerprint density at radius 1 is 1.43 bits per heavy atom. The predicted octanol–water partition coefficient (Wildman–Crippen LogP) is 2.09. The highest BCUT2D eigenvalue weighted by molar-refractivity contribution is 5.83. The van der Waals surface area contributed by atoms with Gasteiger partial charge in [0.05, 0.1) is 13.5 Å². The summed E-state index contributed by atoms with van der Waals surface area (Å²) >= 11 is 0. The highest BCUT2D eigenvalue weighted by atomic mass is 19.1. The summed E-state index contributed by atoms with van der Waals surface area (Å²) in [7, 11) is 1.36. The molecule has 1 aromatic carbocycles. The predicted molar refractivity (Wildman–Crippen MR) is 75.8 cm³/mol. The van der Waals surface area contributed by atoms with Gasteiger partial charge in [-0.2, -0.15) is 0 Å². The fourth-order valence-corrected chi connectivity index (χ4v) is 1.95. The number of rotatable bonds is 7. The Morgan fingerprint density at radius 3 is 2.57 bits per heavy atom. The van der Waals surface area contributed by atoms with E-state index in [1.165, 1.54) is 24.1 Å². The molecule has 1 atom stereocenters. The number of amides is 1. The second kappa shape index (κ2) is 7.61. The normalized spacial score (nSPS) is 11.8. The van der Waals surface area contributed by atoms with Crippen molar-refractivity contribution in [1.82, 2.24) is 4.90 Å². The van der Waals surface area contributed by atoms with Gasteiger partial charge in [-0.05, 0) is 31.0 Å². The van der Waals surface area contributed by atoms with Crippen LogP contribution < -0.4 is 4.74 Å². The van der Waals surface area contributed by atoms with Gasteiger partial charge in [0.15, 0.2) is 11.6 Å². The zero-order chi connectivity index (χ0) is 16.0. The Balaban J connectivity index is 2.85. The Kier molecular flexibility index (Phi) is 6.14. The number of carbonyl (C=O) groups is 2. The average Bonchev–Trinajstić information content (AvgIpc) is 2.43. The minimum atomic E-state index is -1.07. The van der Waals surface area contributed by atoms with Crippen LogP contribution in [0.5, 0.6) is 5.75 Å². The third-order valence-corrected chi connectivity index (χ3v) is 3.32. The van der Waals surface area contributed by atoms with Crippen molar-refractivity contribution in [2.75, 3.05) is 13.7 Å². The lowest BCUT2D eigenvalue weighted by molar-refractivity contribution is -0.145. The van der Waals surface area contributed by atoms with Gasteiger partial charge in [0.1, 0.15) is 6.54 Å². The molecule has 0 heterocycles. The van der Waals surface area contributed by atoms with E-state index in [1.807, 2.05) is 6.92 Å².